The van der Waals surface area contributed by atoms with Gasteiger partial charge in [-0.2, -0.15) is 0 Å². The Bertz CT molecular complexity index is 326. The van der Waals surface area contributed by atoms with E-state index in [4.69, 9.17) is 4.74 Å². The van der Waals surface area contributed by atoms with E-state index in [1.807, 2.05) is 11.8 Å². The van der Waals surface area contributed by atoms with Gasteiger partial charge in [0.1, 0.15) is 11.3 Å². The van der Waals surface area contributed by atoms with Crippen LogP contribution in [-0.2, 0) is 4.74 Å². The van der Waals surface area contributed by atoms with E-state index in [0.29, 0.717) is 6.04 Å². The molecular weight excluding hydrogens is 194 g/mol. The molecule has 14 heavy (non-hydrogen) atoms. The second-order valence-electron chi connectivity index (χ2n) is 4.28. The topological polar surface area (TPSA) is 12.5 Å². The van der Waals surface area contributed by atoms with E-state index in [1.165, 1.54) is 10.7 Å². The molecule has 0 aromatic heterocycles. The van der Waals surface area contributed by atoms with Gasteiger partial charge in [0.2, 0.25) is 0 Å². The molecule has 76 valence electrons. The Balaban J connectivity index is 2.14. The zero-order chi connectivity index (χ0) is 9.76. The summed E-state index contributed by atoms with van der Waals surface area (Å²) < 4.78 is 5.84. The van der Waals surface area contributed by atoms with E-state index in [2.05, 4.69) is 31.0 Å². The summed E-state index contributed by atoms with van der Waals surface area (Å²) in [6.45, 7) is 3.13. The summed E-state index contributed by atoms with van der Waals surface area (Å²) in [5.41, 5.74) is 0.0457. The highest BCUT2D eigenvalue weighted by molar-refractivity contribution is 8.03. The van der Waals surface area contributed by atoms with Crippen molar-refractivity contribution in [1.29, 1.82) is 0 Å². The average Bonchev–Trinajstić information content (AvgIpc) is 2.37. The maximum Gasteiger partial charge on any atom is 0.117 e. The first-order chi connectivity index (χ1) is 6.73. The lowest BCUT2D eigenvalue weighted by Gasteiger charge is -2.40. The van der Waals surface area contributed by atoms with E-state index in [9.17, 15) is 0 Å². The largest absolute Gasteiger partial charge is 0.495 e. The standard InChI is InChI=1S/C11H15NOS/c1-11-9-4-3-8(12(11)2)7-10(11)14-6-5-13-9/h4,7-8H,3,5-6H2,1-2H3. The third-order valence-electron chi connectivity index (χ3n) is 3.65. The highest BCUT2D eigenvalue weighted by atomic mass is 32.2. The van der Waals surface area contributed by atoms with Crippen molar-refractivity contribution in [2.75, 3.05) is 19.4 Å². The van der Waals surface area contributed by atoms with E-state index in [-0.39, 0.29) is 5.54 Å². The Hall–Kier alpha value is -0.410. The van der Waals surface area contributed by atoms with Gasteiger partial charge in [-0.1, -0.05) is 6.08 Å². The predicted molar refractivity (Wildman–Crippen MR) is 59.1 cm³/mol. The number of hydrogen-bond donors (Lipinski definition) is 0. The Kier molecular flexibility index (Phi) is 1.77. The van der Waals surface area contributed by atoms with Crippen LogP contribution in [0.1, 0.15) is 13.3 Å². The maximum atomic E-state index is 5.84. The summed E-state index contributed by atoms with van der Waals surface area (Å²) in [4.78, 5) is 3.93. The zero-order valence-corrected chi connectivity index (χ0v) is 9.43. The van der Waals surface area contributed by atoms with Crippen molar-refractivity contribution in [1.82, 2.24) is 4.90 Å². The smallest absolute Gasteiger partial charge is 0.117 e. The third kappa shape index (κ3) is 0.920. The minimum atomic E-state index is 0.0457. The summed E-state index contributed by atoms with van der Waals surface area (Å²) in [6, 6.07) is 0.591. The zero-order valence-electron chi connectivity index (χ0n) is 8.62. The molecule has 0 spiro atoms. The van der Waals surface area contributed by atoms with Gasteiger partial charge in [-0.15, -0.1) is 11.8 Å². The first-order valence-corrected chi connectivity index (χ1v) is 6.13. The van der Waals surface area contributed by atoms with Crippen molar-refractivity contribution in [3.8, 4) is 0 Å². The molecule has 2 atom stereocenters. The quantitative estimate of drug-likeness (QED) is 0.605. The van der Waals surface area contributed by atoms with Crippen LogP contribution in [-0.4, -0.2) is 35.9 Å². The van der Waals surface area contributed by atoms with Crippen molar-refractivity contribution < 1.29 is 4.74 Å². The fourth-order valence-electron chi connectivity index (χ4n) is 2.59. The molecule has 0 aromatic rings. The molecule has 0 N–H and O–H groups in total. The number of rotatable bonds is 0. The van der Waals surface area contributed by atoms with Gasteiger partial charge in [0.05, 0.1) is 6.61 Å². The van der Waals surface area contributed by atoms with Gasteiger partial charge in [0, 0.05) is 16.7 Å². The molecule has 3 rings (SSSR count). The number of ether oxygens (including phenoxy) is 1. The normalized spacial score (nSPS) is 41.1. The molecule has 2 unspecified atom stereocenters. The van der Waals surface area contributed by atoms with Crippen LogP contribution in [0.15, 0.2) is 22.8 Å². The summed E-state index contributed by atoms with van der Waals surface area (Å²) in [5.74, 6) is 2.25. The lowest BCUT2D eigenvalue weighted by Crippen LogP contribution is -2.48. The fraction of sp³-hybridized carbons (Fsp3) is 0.636. The number of thioether (sulfide) groups is 1. The molecule has 0 aromatic carbocycles. The molecule has 1 fully saturated rings. The molecule has 1 saturated heterocycles. The number of fused-ring (bicyclic) bond motifs is 1. The number of hydrogen-bond acceptors (Lipinski definition) is 3. The molecule has 2 nitrogen and oxygen atoms in total. The summed E-state index contributed by atoms with van der Waals surface area (Å²) >= 11 is 1.96. The Morgan fingerprint density at radius 3 is 3.36 bits per heavy atom. The van der Waals surface area contributed by atoms with E-state index in [1.54, 1.807) is 0 Å². The molecule has 0 amide bonds. The van der Waals surface area contributed by atoms with Crippen LogP contribution in [0.25, 0.3) is 0 Å². The van der Waals surface area contributed by atoms with Crippen LogP contribution < -0.4 is 0 Å². The minimum Gasteiger partial charge on any atom is -0.495 e. The lowest BCUT2D eigenvalue weighted by molar-refractivity contribution is 0.0969. The predicted octanol–water partition coefficient (Wildman–Crippen LogP) is 1.99. The van der Waals surface area contributed by atoms with Crippen LogP contribution in [0.2, 0.25) is 0 Å². The average molecular weight is 209 g/mol. The van der Waals surface area contributed by atoms with Crippen molar-refractivity contribution in [3.05, 3.63) is 22.8 Å². The Labute approximate surface area is 89.0 Å². The van der Waals surface area contributed by atoms with Gasteiger partial charge < -0.3 is 4.74 Å². The minimum absolute atomic E-state index is 0.0457. The van der Waals surface area contributed by atoms with Crippen molar-refractivity contribution >= 4 is 11.8 Å². The first kappa shape index (κ1) is 8.86. The second kappa shape index (κ2) is 2.80. The van der Waals surface area contributed by atoms with Gasteiger partial charge in [-0.3, -0.25) is 4.90 Å². The summed E-state index contributed by atoms with van der Waals surface area (Å²) in [6.07, 6.45) is 5.80. The SMILES string of the molecule is CN1C2C=C3SCCOC(=CC2)C31C. The molecule has 3 heteroatoms. The fourth-order valence-corrected chi connectivity index (χ4v) is 3.76. The van der Waals surface area contributed by atoms with Crippen molar-refractivity contribution in [2.24, 2.45) is 0 Å². The molecule has 0 saturated carbocycles. The monoisotopic (exact) mass is 209 g/mol. The Morgan fingerprint density at radius 1 is 1.64 bits per heavy atom. The summed E-state index contributed by atoms with van der Waals surface area (Å²) in [5, 5.41) is 0. The second-order valence-corrected chi connectivity index (χ2v) is 5.42. The molecule has 3 aliphatic heterocycles. The van der Waals surface area contributed by atoms with Gasteiger partial charge in [0.15, 0.2) is 0 Å². The van der Waals surface area contributed by atoms with E-state index < -0.39 is 0 Å². The van der Waals surface area contributed by atoms with Crippen LogP contribution in [0.4, 0.5) is 0 Å². The van der Waals surface area contributed by atoms with Crippen LogP contribution >= 0.6 is 11.8 Å². The molecular formula is C11H15NOS. The van der Waals surface area contributed by atoms with Gasteiger partial charge in [0.25, 0.3) is 0 Å². The highest BCUT2D eigenvalue weighted by Crippen LogP contribution is 2.49. The molecule has 2 bridgehead atoms. The van der Waals surface area contributed by atoms with Crippen molar-refractivity contribution in [3.63, 3.8) is 0 Å². The lowest BCUT2D eigenvalue weighted by atomic mass is 9.95. The molecule has 0 radical (unpaired) electrons. The van der Waals surface area contributed by atoms with Crippen LogP contribution in [0, 0.1) is 0 Å². The molecule has 0 aliphatic carbocycles. The van der Waals surface area contributed by atoms with Crippen LogP contribution in [0.5, 0.6) is 0 Å². The first-order valence-electron chi connectivity index (χ1n) is 5.14. The van der Waals surface area contributed by atoms with Gasteiger partial charge >= 0.3 is 0 Å². The highest BCUT2D eigenvalue weighted by Gasteiger charge is 2.49. The van der Waals surface area contributed by atoms with Crippen molar-refractivity contribution in [2.45, 2.75) is 24.9 Å². The maximum absolute atomic E-state index is 5.84. The summed E-state index contributed by atoms with van der Waals surface area (Å²) in [7, 11) is 2.20. The van der Waals surface area contributed by atoms with Gasteiger partial charge in [-0.25, -0.2) is 0 Å². The molecule has 3 aliphatic rings. The van der Waals surface area contributed by atoms with E-state index >= 15 is 0 Å². The van der Waals surface area contributed by atoms with Gasteiger partial charge in [-0.05, 0) is 26.5 Å². The van der Waals surface area contributed by atoms with E-state index in [0.717, 1.165) is 18.8 Å². The Morgan fingerprint density at radius 2 is 2.50 bits per heavy atom. The number of nitrogens with zero attached hydrogens (tertiary/aromatic N) is 1. The number of likely N-dealkylation sites (N-methyl/N-ethyl adjacent to an activating group) is 1. The third-order valence-corrected chi connectivity index (χ3v) is 4.86. The molecule has 3 heterocycles. The van der Waals surface area contributed by atoms with Crippen LogP contribution in [0.3, 0.4) is 0 Å².